The number of nitrogens with zero attached hydrogens (tertiary/aromatic N) is 2. The van der Waals surface area contributed by atoms with Crippen molar-refractivity contribution in [1.29, 1.82) is 0 Å². The highest BCUT2D eigenvalue weighted by atomic mass is 16.3. The highest BCUT2D eigenvalue weighted by Gasteiger charge is 2.31. The summed E-state index contributed by atoms with van der Waals surface area (Å²) in [7, 11) is 2.22. The summed E-state index contributed by atoms with van der Waals surface area (Å²) in [6, 6.07) is 0. The largest absolute Gasteiger partial charge is 0.396 e. The van der Waals surface area contributed by atoms with Crippen LogP contribution in [0.5, 0.6) is 0 Å². The van der Waals surface area contributed by atoms with E-state index in [4.69, 9.17) is 4.99 Å². The Morgan fingerprint density at radius 1 is 1.21 bits per heavy atom. The van der Waals surface area contributed by atoms with Gasteiger partial charge in [0.1, 0.15) is 0 Å². The predicted molar refractivity (Wildman–Crippen MR) is 101 cm³/mol. The zero-order valence-corrected chi connectivity index (χ0v) is 15.8. The topological polar surface area (TPSA) is 59.9 Å². The minimum atomic E-state index is 0.223. The van der Waals surface area contributed by atoms with E-state index >= 15 is 0 Å². The van der Waals surface area contributed by atoms with Gasteiger partial charge in [-0.3, -0.25) is 4.99 Å². The lowest BCUT2D eigenvalue weighted by Crippen LogP contribution is -2.44. The quantitative estimate of drug-likeness (QED) is 0.492. The molecular formula is C19H38N4O. The lowest BCUT2D eigenvalue weighted by Gasteiger charge is -2.36. The summed E-state index contributed by atoms with van der Waals surface area (Å²) in [5.41, 5.74) is 0.223. The van der Waals surface area contributed by atoms with Crippen molar-refractivity contribution < 1.29 is 5.11 Å². The minimum absolute atomic E-state index is 0.223. The number of aliphatic imine (C=N–C) groups is 1. The van der Waals surface area contributed by atoms with E-state index in [-0.39, 0.29) is 12.0 Å². The molecule has 1 saturated heterocycles. The van der Waals surface area contributed by atoms with Crippen LogP contribution in [0.15, 0.2) is 4.99 Å². The average Bonchev–Trinajstić information content (AvgIpc) is 2.59. The third-order valence-electron chi connectivity index (χ3n) is 5.75. The molecule has 2 fully saturated rings. The van der Waals surface area contributed by atoms with Crippen molar-refractivity contribution in [1.82, 2.24) is 15.5 Å². The molecule has 2 rings (SSSR count). The van der Waals surface area contributed by atoms with Crippen LogP contribution in [0.4, 0.5) is 0 Å². The van der Waals surface area contributed by atoms with Gasteiger partial charge in [-0.25, -0.2) is 0 Å². The van der Waals surface area contributed by atoms with Crippen molar-refractivity contribution in [3.05, 3.63) is 0 Å². The second-order valence-electron chi connectivity index (χ2n) is 7.88. The number of nitrogens with one attached hydrogen (secondary N) is 2. The molecule has 0 aromatic carbocycles. The molecule has 1 atom stereocenters. The number of guanidine groups is 1. The van der Waals surface area contributed by atoms with Gasteiger partial charge in [-0.15, -0.1) is 0 Å². The standard InChI is InChI=1S/C19H38N4O/c1-3-20-18(21-14-17-8-7-12-23(2)15-17)22-16-19(11-13-24)9-5-4-6-10-19/h17,24H,3-16H2,1-2H3,(H2,20,21,22). The van der Waals surface area contributed by atoms with Crippen LogP contribution in [0, 0.1) is 11.3 Å². The van der Waals surface area contributed by atoms with Crippen LogP contribution in [0.1, 0.15) is 58.3 Å². The Morgan fingerprint density at radius 2 is 2.00 bits per heavy atom. The normalized spacial score (nSPS) is 25.5. The minimum Gasteiger partial charge on any atom is -0.396 e. The number of piperidine rings is 1. The third-order valence-corrected chi connectivity index (χ3v) is 5.75. The van der Waals surface area contributed by atoms with E-state index in [1.54, 1.807) is 0 Å². The van der Waals surface area contributed by atoms with Crippen LogP contribution in [-0.2, 0) is 0 Å². The highest BCUT2D eigenvalue weighted by molar-refractivity contribution is 5.79. The second kappa shape index (κ2) is 10.2. The number of likely N-dealkylation sites (tertiary alicyclic amines) is 1. The molecule has 140 valence electrons. The predicted octanol–water partition coefficient (Wildman–Crippen LogP) is 2.22. The molecule has 24 heavy (non-hydrogen) atoms. The molecule has 1 saturated carbocycles. The zero-order valence-electron chi connectivity index (χ0n) is 15.8. The molecule has 0 aromatic rings. The Hall–Kier alpha value is -0.810. The summed E-state index contributed by atoms with van der Waals surface area (Å²) in [4.78, 5) is 7.33. The first-order valence-electron chi connectivity index (χ1n) is 9.99. The van der Waals surface area contributed by atoms with Crippen LogP contribution < -0.4 is 10.6 Å². The monoisotopic (exact) mass is 338 g/mol. The van der Waals surface area contributed by atoms with E-state index in [1.165, 1.54) is 58.0 Å². The molecule has 2 aliphatic rings. The number of aliphatic hydroxyl groups is 1. The Bertz CT molecular complexity index is 374. The Balaban J connectivity index is 1.88. The van der Waals surface area contributed by atoms with Crippen molar-refractivity contribution in [2.24, 2.45) is 16.3 Å². The van der Waals surface area contributed by atoms with Gasteiger partial charge in [0.2, 0.25) is 0 Å². The summed E-state index contributed by atoms with van der Waals surface area (Å²) in [5, 5.41) is 16.4. The molecule has 1 heterocycles. The van der Waals surface area contributed by atoms with Crippen molar-refractivity contribution in [3.63, 3.8) is 0 Å². The summed E-state index contributed by atoms with van der Waals surface area (Å²) in [5.74, 6) is 1.67. The number of aliphatic hydroxyl groups excluding tert-OH is 1. The van der Waals surface area contributed by atoms with Crippen LogP contribution in [-0.4, -0.2) is 62.3 Å². The van der Waals surface area contributed by atoms with E-state index in [9.17, 15) is 5.11 Å². The first-order chi connectivity index (χ1) is 11.7. The number of hydrogen-bond acceptors (Lipinski definition) is 3. The van der Waals surface area contributed by atoms with E-state index in [2.05, 4.69) is 29.5 Å². The first kappa shape index (κ1) is 19.5. The van der Waals surface area contributed by atoms with E-state index in [1.807, 2.05) is 0 Å². The molecule has 1 aliphatic heterocycles. The van der Waals surface area contributed by atoms with E-state index in [0.717, 1.165) is 32.0 Å². The lowest BCUT2D eigenvalue weighted by molar-refractivity contribution is 0.137. The summed E-state index contributed by atoms with van der Waals surface area (Å²) in [6.07, 6.45) is 9.84. The summed E-state index contributed by atoms with van der Waals surface area (Å²) < 4.78 is 0. The SMILES string of the molecule is CCNC(=NCC1(CCO)CCCCC1)NCC1CCCN(C)C1. The fraction of sp³-hybridized carbons (Fsp3) is 0.947. The van der Waals surface area contributed by atoms with E-state index in [0.29, 0.717) is 5.92 Å². The fourth-order valence-corrected chi connectivity index (χ4v) is 4.30. The maximum absolute atomic E-state index is 9.47. The molecular weight excluding hydrogens is 300 g/mol. The molecule has 0 aromatic heterocycles. The van der Waals surface area contributed by atoms with Gasteiger partial charge in [0, 0.05) is 32.8 Å². The molecule has 0 spiro atoms. The van der Waals surface area contributed by atoms with Gasteiger partial charge in [0.25, 0.3) is 0 Å². The van der Waals surface area contributed by atoms with Crippen LogP contribution >= 0.6 is 0 Å². The van der Waals surface area contributed by atoms with Crippen molar-refractivity contribution >= 4 is 5.96 Å². The second-order valence-corrected chi connectivity index (χ2v) is 7.88. The molecule has 1 aliphatic carbocycles. The molecule has 0 radical (unpaired) electrons. The van der Waals surface area contributed by atoms with Gasteiger partial charge in [0.15, 0.2) is 5.96 Å². The van der Waals surface area contributed by atoms with Crippen LogP contribution in [0.2, 0.25) is 0 Å². The third kappa shape index (κ3) is 6.25. The zero-order chi connectivity index (χ0) is 17.3. The lowest BCUT2D eigenvalue weighted by atomic mass is 9.72. The molecule has 5 heteroatoms. The Morgan fingerprint density at radius 3 is 2.67 bits per heavy atom. The fourth-order valence-electron chi connectivity index (χ4n) is 4.30. The van der Waals surface area contributed by atoms with Gasteiger partial charge < -0.3 is 20.6 Å². The average molecular weight is 339 g/mol. The van der Waals surface area contributed by atoms with Crippen molar-refractivity contribution in [2.45, 2.75) is 58.3 Å². The van der Waals surface area contributed by atoms with Gasteiger partial charge in [0.05, 0.1) is 0 Å². The summed E-state index contributed by atoms with van der Waals surface area (Å²) >= 11 is 0. The highest BCUT2D eigenvalue weighted by Crippen LogP contribution is 2.39. The van der Waals surface area contributed by atoms with Crippen LogP contribution in [0.3, 0.4) is 0 Å². The molecule has 5 nitrogen and oxygen atoms in total. The van der Waals surface area contributed by atoms with Gasteiger partial charge in [-0.05, 0) is 64.0 Å². The van der Waals surface area contributed by atoms with Gasteiger partial charge in [-0.2, -0.15) is 0 Å². The summed E-state index contributed by atoms with van der Waals surface area (Å²) in [6.45, 7) is 7.55. The van der Waals surface area contributed by atoms with Gasteiger partial charge >= 0.3 is 0 Å². The van der Waals surface area contributed by atoms with E-state index < -0.39 is 0 Å². The smallest absolute Gasteiger partial charge is 0.191 e. The Labute approximate surface area is 148 Å². The van der Waals surface area contributed by atoms with Crippen LogP contribution in [0.25, 0.3) is 0 Å². The molecule has 3 N–H and O–H groups in total. The number of rotatable bonds is 7. The molecule has 1 unspecified atom stereocenters. The molecule has 0 bridgehead atoms. The maximum atomic E-state index is 9.47. The Kier molecular flexibility index (Phi) is 8.33. The van der Waals surface area contributed by atoms with Crippen molar-refractivity contribution in [2.75, 3.05) is 46.4 Å². The number of hydrogen-bond donors (Lipinski definition) is 3. The van der Waals surface area contributed by atoms with Crippen molar-refractivity contribution in [3.8, 4) is 0 Å². The molecule has 0 amide bonds. The van der Waals surface area contributed by atoms with Gasteiger partial charge in [-0.1, -0.05) is 19.3 Å². The maximum Gasteiger partial charge on any atom is 0.191 e. The first-order valence-corrected chi connectivity index (χ1v) is 9.99.